The summed E-state index contributed by atoms with van der Waals surface area (Å²) in [6.07, 6.45) is 2.94. The van der Waals surface area contributed by atoms with Gasteiger partial charge in [-0.05, 0) is 37.8 Å². The van der Waals surface area contributed by atoms with E-state index in [1.165, 1.54) is 0 Å². The Bertz CT molecular complexity index is 638. The summed E-state index contributed by atoms with van der Waals surface area (Å²) in [5.74, 6) is -1.71. The van der Waals surface area contributed by atoms with Gasteiger partial charge in [0.05, 0.1) is 22.6 Å². The zero-order chi connectivity index (χ0) is 15.3. The van der Waals surface area contributed by atoms with E-state index in [4.69, 9.17) is 9.57 Å². The second kappa shape index (κ2) is 4.64. The largest absolute Gasteiger partial charge is 0.377 e. The first-order chi connectivity index (χ1) is 10.6. The van der Waals surface area contributed by atoms with E-state index in [2.05, 4.69) is 0 Å². The van der Waals surface area contributed by atoms with E-state index < -0.39 is 23.2 Å². The van der Waals surface area contributed by atoms with Crippen molar-refractivity contribution in [3.05, 3.63) is 35.4 Å². The zero-order valence-corrected chi connectivity index (χ0v) is 11.9. The normalized spacial score (nSPS) is 25.3. The van der Waals surface area contributed by atoms with E-state index in [1.807, 2.05) is 0 Å². The van der Waals surface area contributed by atoms with Crippen LogP contribution in [0.3, 0.4) is 0 Å². The van der Waals surface area contributed by atoms with E-state index in [-0.39, 0.29) is 17.2 Å². The molecule has 0 bridgehead atoms. The van der Waals surface area contributed by atoms with Crippen LogP contribution in [0.15, 0.2) is 24.3 Å². The number of fused-ring (bicyclic) bond motifs is 1. The molecule has 2 fully saturated rings. The highest BCUT2D eigenvalue weighted by Gasteiger charge is 2.60. The van der Waals surface area contributed by atoms with Crippen molar-refractivity contribution in [2.75, 3.05) is 6.61 Å². The van der Waals surface area contributed by atoms with E-state index >= 15 is 0 Å². The topological polar surface area (TPSA) is 72.9 Å². The van der Waals surface area contributed by atoms with Crippen LogP contribution in [0.1, 0.15) is 46.4 Å². The molecule has 0 N–H and O–H groups in total. The van der Waals surface area contributed by atoms with E-state index in [9.17, 15) is 14.4 Å². The van der Waals surface area contributed by atoms with Gasteiger partial charge in [0.25, 0.3) is 11.8 Å². The number of hydrogen-bond acceptors (Lipinski definition) is 5. The van der Waals surface area contributed by atoms with Gasteiger partial charge in [0.15, 0.2) is 0 Å². The predicted octanol–water partition coefficient (Wildman–Crippen LogP) is 1.70. The van der Waals surface area contributed by atoms with Crippen LogP contribution in [0.2, 0.25) is 0 Å². The fraction of sp³-hybridized carbons (Fsp3) is 0.438. The summed E-state index contributed by atoms with van der Waals surface area (Å²) in [5, 5.41) is 0.585. The lowest BCUT2D eigenvalue weighted by atomic mass is 9.97. The molecule has 1 aliphatic carbocycles. The van der Waals surface area contributed by atoms with Crippen LogP contribution in [-0.4, -0.2) is 35.6 Å². The fourth-order valence-electron chi connectivity index (χ4n) is 3.23. The average Bonchev–Trinajstić information content (AvgIpc) is 3.10. The van der Waals surface area contributed by atoms with Gasteiger partial charge >= 0.3 is 5.97 Å². The Kier molecular flexibility index (Phi) is 2.84. The van der Waals surface area contributed by atoms with Crippen LogP contribution in [-0.2, 0) is 14.4 Å². The Hall–Kier alpha value is -2.21. The monoisotopic (exact) mass is 301 g/mol. The standard InChI is InChI=1S/C16H15NO5/c18-13-10-4-1-2-5-11(10)14(19)17(13)22-15(20)16(7-8-16)12-6-3-9-21-12/h1-2,4-5,12H,3,6-9H2. The second-order valence-electron chi connectivity index (χ2n) is 5.99. The molecule has 1 unspecified atom stereocenters. The quantitative estimate of drug-likeness (QED) is 0.795. The second-order valence-corrected chi connectivity index (χ2v) is 5.99. The Balaban J connectivity index is 1.54. The van der Waals surface area contributed by atoms with E-state index in [0.29, 0.717) is 24.5 Å². The molecule has 0 spiro atoms. The Labute approximate surface area is 126 Å². The lowest BCUT2D eigenvalue weighted by molar-refractivity contribution is -0.180. The Morgan fingerprint density at radius 1 is 1.18 bits per heavy atom. The van der Waals surface area contributed by atoms with Crippen molar-refractivity contribution >= 4 is 17.8 Å². The van der Waals surface area contributed by atoms with Gasteiger partial charge < -0.3 is 9.57 Å². The highest BCUT2D eigenvalue weighted by Crippen LogP contribution is 2.53. The molecule has 1 aromatic rings. The first-order valence-corrected chi connectivity index (χ1v) is 7.45. The van der Waals surface area contributed by atoms with Gasteiger partial charge in [-0.1, -0.05) is 17.2 Å². The molecule has 1 saturated heterocycles. The van der Waals surface area contributed by atoms with Crippen molar-refractivity contribution in [2.45, 2.75) is 31.8 Å². The third-order valence-electron chi connectivity index (χ3n) is 4.67. The Morgan fingerprint density at radius 2 is 1.82 bits per heavy atom. The summed E-state index contributed by atoms with van der Waals surface area (Å²) in [7, 11) is 0. The maximum Gasteiger partial charge on any atom is 0.341 e. The molecule has 0 radical (unpaired) electrons. The third kappa shape index (κ3) is 1.80. The van der Waals surface area contributed by atoms with Gasteiger partial charge in [0, 0.05) is 6.61 Å². The first kappa shape index (κ1) is 13.5. The lowest BCUT2D eigenvalue weighted by Crippen LogP contribution is -2.39. The average molecular weight is 301 g/mol. The van der Waals surface area contributed by atoms with Crippen LogP contribution in [0, 0.1) is 5.41 Å². The number of hydroxylamine groups is 2. The highest BCUT2D eigenvalue weighted by atomic mass is 16.7. The maximum atomic E-state index is 12.5. The van der Waals surface area contributed by atoms with Gasteiger partial charge in [0.1, 0.15) is 0 Å². The molecule has 1 saturated carbocycles. The molecule has 3 aliphatic rings. The molecule has 2 amide bonds. The Morgan fingerprint density at radius 3 is 2.32 bits per heavy atom. The molecule has 22 heavy (non-hydrogen) atoms. The number of benzene rings is 1. The minimum Gasteiger partial charge on any atom is -0.377 e. The summed E-state index contributed by atoms with van der Waals surface area (Å²) in [6.45, 7) is 0.646. The van der Waals surface area contributed by atoms with Crippen molar-refractivity contribution in [1.29, 1.82) is 0 Å². The number of rotatable bonds is 3. The zero-order valence-electron chi connectivity index (χ0n) is 11.9. The molecular formula is C16H15NO5. The van der Waals surface area contributed by atoms with Gasteiger partial charge in [-0.3, -0.25) is 9.59 Å². The van der Waals surface area contributed by atoms with Gasteiger partial charge in [-0.25, -0.2) is 4.79 Å². The predicted molar refractivity (Wildman–Crippen MR) is 73.7 cm³/mol. The van der Waals surface area contributed by atoms with Crippen molar-refractivity contribution in [3.8, 4) is 0 Å². The number of carbonyl (C=O) groups excluding carboxylic acids is 3. The summed E-state index contributed by atoms with van der Waals surface area (Å²) < 4.78 is 5.59. The summed E-state index contributed by atoms with van der Waals surface area (Å²) in [5.41, 5.74) is -0.143. The van der Waals surface area contributed by atoms with Crippen LogP contribution in [0.25, 0.3) is 0 Å². The molecule has 1 aromatic carbocycles. The van der Waals surface area contributed by atoms with Crippen LogP contribution >= 0.6 is 0 Å². The van der Waals surface area contributed by atoms with Crippen molar-refractivity contribution in [2.24, 2.45) is 5.41 Å². The van der Waals surface area contributed by atoms with Crippen molar-refractivity contribution < 1.29 is 24.0 Å². The summed E-state index contributed by atoms with van der Waals surface area (Å²) in [4.78, 5) is 42.1. The molecule has 2 aliphatic heterocycles. The molecule has 2 heterocycles. The summed E-state index contributed by atoms with van der Waals surface area (Å²) >= 11 is 0. The smallest absolute Gasteiger partial charge is 0.341 e. The molecule has 6 heteroatoms. The number of carbonyl (C=O) groups is 3. The van der Waals surface area contributed by atoms with Gasteiger partial charge in [-0.2, -0.15) is 0 Å². The SMILES string of the molecule is O=C1c2ccccc2C(=O)N1OC(=O)C1(C2CCCO2)CC1. The van der Waals surface area contributed by atoms with Gasteiger partial charge in [0.2, 0.25) is 0 Å². The number of ether oxygens (including phenoxy) is 1. The summed E-state index contributed by atoms with van der Waals surface area (Å²) in [6, 6.07) is 6.45. The van der Waals surface area contributed by atoms with Crippen molar-refractivity contribution in [3.63, 3.8) is 0 Å². The third-order valence-corrected chi connectivity index (χ3v) is 4.67. The van der Waals surface area contributed by atoms with E-state index in [0.717, 1.165) is 12.8 Å². The van der Waals surface area contributed by atoms with Crippen LogP contribution in [0.4, 0.5) is 0 Å². The lowest BCUT2D eigenvalue weighted by Gasteiger charge is -2.22. The number of imide groups is 1. The minimum absolute atomic E-state index is 0.157. The maximum absolute atomic E-state index is 12.5. The molecular weight excluding hydrogens is 286 g/mol. The minimum atomic E-state index is -0.675. The highest BCUT2D eigenvalue weighted by molar-refractivity contribution is 6.20. The number of hydrogen-bond donors (Lipinski definition) is 0. The van der Waals surface area contributed by atoms with Crippen LogP contribution < -0.4 is 0 Å². The molecule has 0 aromatic heterocycles. The first-order valence-electron chi connectivity index (χ1n) is 7.45. The van der Waals surface area contributed by atoms with Gasteiger partial charge in [-0.15, -0.1) is 0 Å². The van der Waals surface area contributed by atoms with Crippen LogP contribution in [0.5, 0.6) is 0 Å². The number of amides is 2. The molecule has 6 nitrogen and oxygen atoms in total. The fourth-order valence-corrected chi connectivity index (χ4v) is 3.23. The van der Waals surface area contributed by atoms with E-state index in [1.54, 1.807) is 24.3 Å². The number of nitrogens with zero attached hydrogens (tertiary/aromatic N) is 1. The molecule has 114 valence electrons. The molecule has 4 rings (SSSR count). The van der Waals surface area contributed by atoms with Crippen molar-refractivity contribution in [1.82, 2.24) is 5.06 Å². The molecule has 1 atom stereocenters.